The Bertz CT molecular complexity index is 1560. The van der Waals surface area contributed by atoms with E-state index >= 15 is 0 Å². The second kappa shape index (κ2) is 13.4. The van der Waals surface area contributed by atoms with E-state index in [1.54, 1.807) is 24.3 Å². The minimum Gasteiger partial charge on any atom is -0.351 e. The molecule has 2 atom stereocenters. The quantitative estimate of drug-likeness (QED) is 0.170. The summed E-state index contributed by atoms with van der Waals surface area (Å²) in [5.41, 5.74) is 1.66. The van der Waals surface area contributed by atoms with Crippen LogP contribution in [0.15, 0.2) is 83.8 Å². The van der Waals surface area contributed by atoms with E-state index in [4.69, 9.17) is 0 Å². The number of carbonyl (C=O) groups is 4. The van der Waals surface area contributed by atoms with Gasteiger partial charge in [-0.2, -0.15) is 0 Å². The fourth-order valence-electron chi connectivity index (χ4n) is 4.48. The first-order valence-corrected chi connectivity index (χ1v) is 13.4. The normalized spacial score (nSPS) is 12.5. The number of carbonyl (C=O) groups excluding carboxylic acids is 4. The van der Waals surface area contributed by atoms with Crippen molar-refractivity contribution in [3.63, 3.8) is 0 Å². The number of pyridine rings is 1. The summed E-state index contributed by atoms with van der Waals surface area (Å²) in [6.45, 7) is 3.92. The molecule has 0 saturated carbocycles. The molecule has 10 nitrogen and oxygen atoms in total. The van der Waals surface area contributed by atoms with Crippen LogP contribution < -0.4 is 21.5 Å². The molecular weight excluding hydrogens is 522 g/mol. The van der Waals surface area contributed by atoms with Gasteiger partial charge in [0.25, 0.3) is 17.4 Å². The molecule has 212 valence electrons. The van der Waals surface area contributed by atoms with Crippen LogP contribution >= 0.6 is 0 Å². The zero-order valence-electron chi connectivity index (χ0n) is 22.9. The van der Waals surface area contributed by atoms with E-state index in [0.717, 1.165) is 16.5 Å². The Labute approximate surface area is 236 Å². The average Bonchev–Trinajstić information content (AvgIpc) is 3.41. The lowest BCUT2D eigenvalue weighted by Crippen LogP contribution is -2.55. The van der Waals surface area contributed by atoms with Crippen LogP contribution in [0.2, 0.25) is 0 Å². The number of H-pyrrole nitrogens is 2. The van der Waals surface area contributed by atoms with Gasteiger partial charge in [-0.15, -0.1) is 0 Å². The Balaban J connectivity index is 1.52. The highest BCUT2D eigenvalue weighted by Crippen LogP contribution is 2.15. The van der Waals surface area contributed by atoms with Crippen LogP contribution in [-0.2, 0) is 27.3 Å². The predicted octanol–water partition coefficient (Wildman–Crippen LogP) is 2.61. The lowest BCUT2D eigenvalue weighted by atomic mass is 9.99. The number of aromatic nitrogens is 2. The van der Waals surface area contributed by atoms with Gasteiger partial charge in [0, 0.05) is 35.6 Å². The molecule has 0 aliphatic rings. The molecule has 2 heterocycles. The number of hydrogen-bond acceptors (Lipinski definition) is 5. The van der Waals surface area contributed by atoms with Gasteiger partial charge >= 0.3 is 0 Å². The van der Waals surface area contributed by atoms with Gasteiger partial charge in [0.1, 0.15) is 17.8 Å². The number of Topliss-reactive ketones (excluding diaryl/α,β-unsaturated/α-hetero) is 1. The van der Waals surface area contributed by atoms with Crippen LogP contribution in [0, 0.1) is 5.92 Å². The Morgan fingerprint density at radius 3 is 2.29 bits per heavy atom. The number of amides is 3. The number of aromatic amines is 2. The molecule has 0 aliphatic carbocycles. The third-order valence-corrected chi connectivity index (χ3v) is 6.58. The molecule has 0 radical (unpaired) electrons. The third kappa shape index (κ3) is 7.78. The Kier molecular flexibility index (Phi) is 9.47. The summed E-state index contributed by atoms with van der Waals surface area (Å²) in [4.78, 5) is 70.6. The molecule has 2 aromatic carbocycles. The molecule has 2 unspecified atom stereocenters. The van der Waals surface area contributed by atoms with Crippen molar-refractivity contribution in [3.05, 3.63) is 106 Å². The molecule has 0 bridgehead atoms. The molecule has 0 fully saturated rings. The van der Waals surface area contributed by atoms with E-state index in [2.05, 4.69) is 25.9 Å². The van der Waals surface area contributed by atoms with E-state index in [0.29, 0.717) is 0 Å². The van der Waals surface area contributed by atoms with Crippen molar-refractivity contribution >= 4 is 34.4 Å². The van der Waals surface area contributed by atoms with Crippen LogP contribution in [0.4, 0.5) is 0 Å². The lowest BCUT2D eigenvalue weighted by molar-refractivity contribution is -0.140. The number of hydrogen-bond donors (Lipinski definition) is 5. The van der Waals surface area contributed by atoms with Crippen molar-refractivity contribution in [3.8, 4) is 0 Å². The van der Waals surface area contributed by atoms with Crippen molar-refractivity contribution in [2.24, 2.45) is 5.92 Å². The highest BCUT2D eigenvalue weighted by molar-refractivity contribution is 6.38. The molecule has 0 spiro atoms. The first-order valence-electron chi connectivity index (χ1n) is 13.4. The molecule has 4 rings (SSSR count). The van der Waals surface area contributed by atoms with Gasteiger partial charge < -0.3 is 25.9 Å². The van der Waals surface area contributed by atoms with E-state index in [1.807, 2.05) is 56.3 Å². The monoisotopic (exact) mass is 555 g/mol. The topological polar surface area (TPSA) is 153 Å². The van der Waals surface area contributed by atoms with Gasteiger partial charge in [0.15, 0.2) is 0 Å². The van der Waals surface area contributed by atoms with E-state index in [9.17, 15) is 24.0 Å². The first-order chi connectivity index (χ1) is 19.7. The largest absolute Gasteiger partial charge is 0.351 e. The Hall–Kier alpha value is -4.99. The third-order valence-electron chi connectivity index (χ3n) is 6.58. The summed E-state index contributed by atoms with van der Waals surface area (Å²) in [6, 6.07) is 19.0. The number of para-hydroxylation sites is 1. The molecule has 0 aliphatic heterocycles. The zero-order valence-corrected chi connectivity index (χ0v) is 22.9. The number of nitrogens with one attached hydrogen (secondary N) is 5. The summed E-state index contributed by atoms with van der Waals surface area (Å²) >= 11 is 0. The first kappa shape index (κ1) is 29.0. The molecule has 2 aromatic heterocycles. The zero-order chi connectivity index (χ0) is 29.4. The van der Waals surface area contributed by atoms with E-state index in [1.165, 1.54) is 12.3 Å². The highest BCUT2D eigenvalue weighted by atomic mass is 16.2. The smallest absolute Gasteiger partial charge is 0.289 e. The maximum Gasteiger partial charge on any atom is 0.289 e. The predicted molar refractivity (Wildman–Crippen MR) is 155 cm³/mol. The van der Waals surface area contributed by atoms with Crippen molar-refractivity contribution in [1.29, 1.82) is 0 Å². The van der Waals surface area contributed by atoms with Crippen molar-refractivity contribution in [1.82, 2.24) is 25.9 Å². The van der Waals surface area contributed by atoms with E-state index in [-0.39, 0.29) is 36.6 Å². The molecule has 4 aromatic rings. The molecule has 41 heavy (non-hydrogen) atoms. The van der Waals surface area contributed by atoms with Crippen LogP contribution in [0.5, 0.6) is 0 Å². The van der Waals surface area contributed by atoms with E-state index < -0.39 is 41.1 Å². The van der Waals surface area contributed by atoms with Crippen LogP contribution in [0.25, 0.3) is 10.9 Å². The van der Waals surface area contributed by atoms with Gasteiger partial charge in [-0.05, 0) is 36.1 Å². The maximum atomic E-state index is 13.5. The lowest BCUT2D eigenvalue weighted by Gasteiger charge is -2.23. The highest BCUT2D eigenvalue weighted by Gasteiger charge is 2.31. The molecular formula is C31H33N5O5. The second-order valence-corrected chi connectivity index (χ2v) is 10.2. The summed E-state index contributed by atoms with van der Waals surface area (Å²) in [5.74, 6) is -2.89. The summed E-state index contributed by atoms with van der Waals surface area (Å²) in [5, 5.41) is 8.82. The Morgan fingerprint density at radius 1 is 0.854 bits per heavy atom. The van der Waals surface area contributed by atoms with Crippen LogP contribution in [0.1, 0.15) is 41.9 Å². The van der Waals surface area contributed by atoms with Crippen molar-refractivity contribution in [2.75, 3.05) is 0 Å². The molecule has 3 amide bonds. The number of fused-ring (bicyclic) bond motifs is 1. The van der Waals surface area contributed by atoms with Gasteiger partial charge in [-0.3, -0.25) is 24.0 Å². The minimum atomic E-state index is -1.33. The number of rotatable bonds is 12. The average molecular weight is 556 g/mol. The van der Waals surface area contributed by atoms with Crippen LogP contribution in [-0.4, -0.2) is 45.6 Å². The number of ketones is 1. The van der Waals surface area contributed by atoms with Crippen LogP contribution in [0.3, 0.4) is 0 Å². The number of benzene rings is 2. The fourth-order valence-corrected chi connectivity index (χ4v) is 4.48. The second-order valence-electron chi connectivity index (χ2n) is 10.2. The summed E-state index contributed by atoms with van der Waals surface area (Å²) in [7, 11) is 0. The molecule has 5 N–H and O–H groups in total. The minimum absolute atomic E-state index is 0.0223. The van der Waals surface area contributed by atoms with Gasteiger partial charge in [-0.25, -0.2) is 0 Å². The summed E-state index contributed by atoms with van der Waals surface area (Å²) in [6.07, 6.45) is 1.53. The van der Waals surface area contributed by atoms with Crippen molar-refractivity contribution in [2.45, 2.75) is 45.3 Å². The van der Waals surface area contributed by atoms with Gasteiger partial charge in [-0.1, -0.05) is 68.4 Å². The SMILES string of the molecule is CC(C)CC(NC(=O)c1cc2ccccc2[nH]1)C(=O)NC(Cc1ccc[nH]c1=O)C(=O)C(=O)NCc1ccccc1. The molecule has 10 heteroatoms. The van der Waals surface area contributed by atoms with Crippen molar-refractivity contribution < 1.29 is 19.2 Å². The van der Waals surface area contributed by atoms with Gasteiger partial charge in [0.05, 0.1) is 0 Å². The maximum absolute atomic E-state index is 13.5. The van der Waals surface area contributed by atoms with Gasteiger partial charge in [0.2, 0.25) is 11.7 Å². The summed E-state index contributed by atoms with van der Waals surface area (Å²) < 4.78 is 0. The standard InChI is InChI=1S/C31H33N5O5/c1-19(2)15-25(36-30(40)26-16-21-11-6-7-13-23(21)34-26)29(39)35-24(17-22-12-8-14-32-28(22)38)27(37)31(41)33-18-20-9-4-3-5-10-20/h3-14,16,19,24-25,34H,15,17-18H2,1-2H3,(H,32,38)(H,33,41)(H,35,39)(H,36,40). The Morgan fingerprint density at radius 2 is 1.59 bits per heavy atom. The molecule has 0 saturated heterocycles. The fraction of sp³-hybridized carbons (Fsp3) is 0.258.